The third kappa shape index (κ3) is 3.54. The van der Waals surface area contributed by atoms with E-state index in [1.165, 1.54) is 4.90 Å². The van der Waals surface area contributed by atoms with E-state index in [-0.39, 0.29) is 24.7 Å². The molecule has 3 N–H and O–H groups in total. The van der Waals surface area contributed by atoms with Crippen LogP contribution in [0.5, 0.6) is 0 Å². The summed E-state index contributed by atoms with van der Waals surface area (Å²) in [5.41, 5.74) is 0. The number of nitrogens with one attached hydrogen (secondary N) is 2. The molecule has 2 fully saturated rings. The Balaban J connectivity index is 2.06. The van der Waals surface area contributed by atoms with Crippen molar-refractivity contribution >= 4 is 28.2 Å². The molecule has 2 unspecified atom stereocenters. The first-order valence-electron chi connectivity index (χ1n) is 6.88. The Morgan fingerprint density at radius 2 is 2.18 bits per heavy atom. The Kier molecular flexibility index (Phi) is 4.68. The fourth-order valence-electron chi connectivity index (χ4n) is 2.65. The lowest BCUT2D eigenvalue weighted by molar-refractivity contribution is -0.119. The molecular formula is C11H18N4O6S. The Morgan fingerprint density at radius 3 is 2.77 bits per heavy atom. The number of hydrogen-bond acceptors (Lipinski definition) is 6. The van der Waals surface area contributed by atoms with Crippen molar-refractivity contribution in [3.05, 3.63) is 0 Å². The average molecular weight is 334 g/mol. The van der Waals surface area contributed by atoms with Gasteiger partial charge in [-0.1, -0.05) is 6.92 Å². The van der Waals surface area contributed by atoms with Crippen LogP contribution in [0.2, 0.25) is 0 Å². The monoisotopic (exact) mass is 334 g/mol. The molecule has 0 aromatic carbocycles. The van der Waals surface area contributed by atoms with Crippen LogP contribution in [0.25, 0.3) is 0 Å². The summed E-state index contributed by atoms with van der Waals surface area (Å²) >= 11 is 0. The summed E-state index contributed by atoms with van der Waals surface area (Å²) in [6.45, 7) is 2.01. The summed E-state index contributed by atoms with van der Waals surface area (Å²) in [5, 5.41) is 11.0. The van der Waals surface area contributed by atoms with Gasteiger partial charge in [0.05, 0.1) is 12.1 Å². The molecule has 0 saturated carbocycles. The van der Waals surface area contributed by atoms with Gasteiger partial charge < -0.3 is 10.2 Å². The highest BCUT2D eigenvalue weighted by Crippen LogP contribution is 2.30. The van der Waals surface area contributed by atoms with Crippen LogP contribution in [0.4, 0.5) is 4.79 Å². The summed E-state index contributed by atoms with van der Waals surface area (Å²) in [5.74, 6) is -0.397. The molecular weight excluding hydrogens is 316 g/mol. The molecule has 3 amide bonds. The second-order valence-corrected chi connectivity index (χ2v) is 6.23. The Morgan fingerprint density at radius 1 is 1.50 bits per heavy atom. The largest absolute Gasteiger partial charge is 0.418 e. The van der Waals surface area contributed by atoms with Crippen LogP contribution in [0.1, 0.15) is 32.6 Å². The molecule has 2 rings (SSSR count). The number of carbonyl (C=O) groups is 2. The summed E-state index contributed by atoms with van der Waals surface area (Å²) < 4.78 is 34.5. The molecule has 0 radical (unpaired) electrons. The highest BCUT2D eigenvalue weighted by molar-refractivity contribution is 7.80. The molecule has 2 aliphatic heterocycles. The third-order valence-electron chi connectivity index (χ3n) is 3.58. The number of amidine groups is 1. The Hall–Kier alpha value is -1.72. The van der Waals surface area contributed by atoms with Gasteiger partial charge in [-0.15, -0.1) is 4.28 Å². The second-order valence-electron chi connectivity index (χ2n) is 5.22. The van der Waals surface area contributed by atoms with Crippen LogP contribution in [0.3, 0.4) is 0 Å². The van der Waals surface area contributed by atoms with Crippen molar-refractivity contribution in [3.8, 4) is 0 Å². The molecule has 2 aliphatic rings. The molecule has 2 bridgehead atoms. The summed E-state index contributed by atoms with van der Waals surface area (Å²) in [6, 6.07) is -1.90. The van der Waals surface area contributed by atoms with Crippen LogP contribution in [0, 0.1) is 5.41 Å². The molecule has 22 heavy (non-hydrogen) atoms. The van der Waals surface area contributed by atoms with E-state index in [2.05, 4.69) is 9.60 Å². The Labute approximate surface area is 127 Å². The van der Waals surface area contributed by atoms with Gasteiger partial charge in [0.2, 0.25) is 5.91 Å². The van der Waals surface area contributed by atoms with E-state index in [1.807, 2.05) is 6.92 Å². The molecule has 2 heterocycles. The molecule has 0 aliphatic carbocycles. The first kappa shape index (κ1) is 16.6. The van der Waals surface area contributed by atoms with Gasteiger partial charge >= 0.3 is 16.4 Å². The first-order chi connectivity index (χ1) is 10.2. The molecule has 2 atom stereocenters. The van der Waals surface area contributed by atoms with E-state index in [0.29, 0.717) is 24.3 Å². The molecule has 2 saturated heterocycles. The van der Waals surface area contributed by atoms with Crippen molar-refractivity contribution in [3.63, 3.8) is 0 Å². The summed E-state index contributed by atoms with van der Waals surface area (Å²) in [7, 11) is -4.79. The van der Waals surface area contributed by atoms with Gasteiger partial charge in [-0.25, -0.2) is 4.79 Å². The zero-order valence-electron chi connectivity index (χ0n) is 12.0. The predicted molar refractivity (Wildman–Crippen MR) is 74.2 cm³/mol. The van der Waals surface area contributed by atoms with Crippen molar-refractivity contribution in [2.24, 2.45) is 0 Å². The lowest BCUT2D eigenvalue weighted by Crippen LogP contribution is -2.50. The SMILES string of the molecule is CCCC(=O)NC(=N)C1CCC2CN1C(=O)N2OS(=O)(=O)O. The number of amides is 3. The van der Waals surface area contributed by atoms with Crippen LogP contribution < -0.4 is 5.32 Å². The van der Waals surface area contributed by atoms with Gasteiger partial charge in [-0.2, -0.15) is 13.5 Å². The molecule has 0 spiro atoms. The lowest BCUT2D eigenvalue weighted by atomic mass is 10.00. The van der Waals surface area contributed by atoms with Crippen LogP contribution >= 0.6 is 0 Å². The van der Waals surface area contributed by atoms with Crippen molar-refractivity contribution in [2.45, 2.75) is 44.7 Å². The van der Waals surface area contributed by atoms with E-state index in [9.17, 15) is 18.0 Å². The fraction of sp³-hybridized carbons (Fsp3) is 0.727. The highest BCUT2D eigenvalue weighted by atomic mass is 32.3. The molecule has 0 aromatic rings. The zero-order chi connectivity index (χ0) is 16.5. The van der Waals surface area contributed by atoms with Crippen LogP contribution in [0.15, 0.2) is 0 Å². The number of hydrogen-bond donors (Lipinski definition) is 3. The smallest absolute Gasteiger partial charge is 0.313 e. The van der Waals surface area contributed by atoms with Gasteiger partial charge in [-0.3, -0.25) is 14.8 Å². The first-order valence-corrected chi connectivity index (χ1v) is 8.24. The van der Waals surface area contributed by atoms with Crippen LogP contribution in [-0.4, -0.2) is 59.3 Å². The van der Waals surface area contributed by atoms with Gasteiger partial charge in [0.1, 0.15) is 5.84 Å². The number of hydroxylamine groups is 2. The number of nitrogens with zero attached hydrogens (tertiary/aromatic N) is 2. The zero-order valence-corrected chi connectivity index (χ0v) is 12.8. The minimum Gasteiger partial charge on any atom is -0.313 e. The standard InChI is InChI=1S/C11H18N4O6S/c1-2-3-9(16)13-10(12)8-5-4-7-6-14(8)11(17)15(7)21-22(18,19)20/h7-8H,2-6H2,1H3,(H2,12,13,16)(H,18,19,20). The van der Waals surface area contributed by atoms with Gasteiger partial charge in [-0.05, 0) is 19.3 Å². The number of piperidine rings is 1. The molecule has 124 valence electrons. The molecule has 0 aromatic heterocycles. The highest BCUT2D eigenvalue weighted by Gasteiger charge is 2.48. The lowest BCUT2D eigenvalue weighted by Gasteiger charge is -2.30. The van der Waals surface area contributed by atoms with Crippen LogP contribution in [-0.2, 0) is 19.5 Å². The van der Waals surface area contributed by atoms with E-state index >= 15 is 0 Å². The fourth-order valence-corrected chi connectivity index (χ4v) is 3.04. The molecule has 11 heteroatoms. The van der Waals surface area contributed by atoms with Crippen molar-refractivity contribution in [2.75, 3.05) is 6.54 Å². The minimum absolute atomic E-state index is 0.0982. The minimum atomic E-state index is -4.79. The molecule has 10 nitrogen and oxygen atoms in total. The van der Waals surface area contributed by atoms with Gasteiger partial charge in [0.15, 0.2) is 0 Å². The second kappa shape index (κ2) is 6.18. The number of carbonyl (C=O) groups excluding carboxylic acids is 2. The van der Waals surface area contributed by atoms with Gasteiger partial charge in [0.25, 0.3) is 0 Å². The predicted octanol–water partition coefficient (Wildman–Crippen LogP) is -0.117. The maximum atomic E-state index is 12.1. The van der Waals surface area contributed by atoms with Crippen molar-refractivity contribution < 1.29 is 26.8 Å². The van der Waals surface area contributed by atoms with Gasteiger partial charge in [0, 0.05) is 13.0 Å². The summed E-state index contributed by atoms with van der Waals surface area (Å²) in [6.07, 6.45) is 1.72. The normalized spacial score (nSPS) is 24.5. The van der Waals surface area contributed by atoms with E-state index in [1.54, 1.807) is 0 Å². The Bertz CT molecular complexity index is 591. The third-order valence-corrected chi connectivity index (χ3v) is 3.93. The maximum Gasteiger partial charge on any atom is 0.418 e. The van der Waals surface area contributed by atoms with E-state index in [0.717, 1.165) is 0 Å². The average Bonchev–Trinajstić information content (AvgIpc) is 2.63. The van der Waals surface area contributed by atoms with E-state index < -0.39 is 28.5 Å². The van der Waals surface area contributed by atoms with Crippen molar-refractivity contribution in [1.29, 1.82) is 5.41 Å². The van der Waals surface area contributed by atoms with E-state index in [4.69, 9.17) is 9.96 Å². The topological polar surface area (TPSA) is 140 Å². The number of fused-ring (bicyclic) bond motifs is 2. The maximum absolute atomic E-state index is 12.1. The quantitative estimate of drug-likeness (QED) is 0.364. The summed E-state index contributed by atoms with van der Waals surface area (Å²) in [4.78, 5) is 24.9. The number of urea groups is 1. The number of rotatable bonds is 5. The van der Waals surface area contributed by atoms with Crippen molar-refractivity contribution in [1.82, 2.24) is 15.3 Å².